The first kappa shape index (κ1) is 9.21. The third-order valence-corrected chi connectivity index (χ3v) is 1.34. The van der Waals surface area contributed by atoms with Gasteiger partial charge in [-0.1, -0.05) is 13.5 Å². The highest BCUT2D eigenvalue weighted by Crippen LogP contribution is 2.00. The molecule has 0 N–H and O–H groups in total. The van der Waals surface area contributed by atoms with Crippen molar-refractivity contribution in [3.8, 4) is 0 Å². The van der Waals surface area contributed by atoms with Crippen molar-refractivity contribution in [2.45, 2.75) is 33.2 Å². The summed E-state index contributed by atoms with van der Waals surface area (Å²) in [5, 5.41) is 0. The van der Waals surface area contributed by atoms with E-state index < -0.39 is 0 Å². The standard InChI is InChI=1S/C8H15NO/c1-5-8(10)9(6-2)7(3)4/h6-7H,2,5H2,1,3-4H3. The Labute approximate surface area is 62.5 Å². The Morgan fingerprint density at radius 3 is 2.30 bits per heavy atom. The zero-order valence-corrected chi connectivity index (χ0v) is 6.92. The Morgan fingerprint density at radius 2 is 2.20 bits per heavy atom. The minimum absolute atomic E-state index is 0.130. The quantitative estimate of drug-likeness (QED) is 0.586. The van der Waals surface area contributed by atoms with E-state index in [0.717, 1.165) is 0 Å². The van der Waals surface area contributed by atoms with E-state index in [2.05, 4.69) is 6.58 Å². The van der Waals surface area contributed by atoms with E-state index >= 15 is 0 Å². The van der Waals surface area contributed by atoms with Crippen molar-refractivity contribution in [1.82, 2.24) is 4.90 Å². The van der Waals surface area contributed by atoms with E-state index in [1.54, 1.807) is 11.1 Å². The molecule has 0 aliphatic rings. The number of rotatable bonds is 3. The zero-order valence-electron chi connectivity index (χ0n) is 6.92. The predicted octanol–water partition coefficient (Wildman–Crippen LogP) is 1.78. The molecule has 0 fully saturated rings. The van der Waals surface area contributed by atoms with E-state index in [-0.39, 0.29) is 11.9 Å². The van der Waals surface area contributed by atoms with E-state index in [9.17, 15) is 4.79 Å². The largest absolute Gasteiger partial charge is 0.317 e. The number of carbonyl (C=O) groups is 1. The Hall–Kier alpha value is -0.790. The molecule has 10 heavy (non-hydrogen) atoms. The molecular weight excluding hydrogens is 126 g/mol. The minimum Gasteiger partial charge on any atom is -0.317 e. The van der Waals surface area contributed by atoms with Crippen molar-refractivity contribution in [3.63, 3.8) is 0 Å². The van der Waals surface area contributed by atoms with E-state index in [1.165, 1.54) is 0 Å². The summed E-state index contributed by atoms with van der Waals surface area (Å²) in [6.45, 7) is 9.34. The van der Waals surface area contributed by atoms with Crippen LogP contribution in [0.2, 0.25) is 0 Å². The average molecular weight is 141 g/mol. The maximum Gasteiger partial charge on any atom is 0.226 e. The average Bonchev–Trinajstić information content (AvgIpc) is 1.88. The van der Waals surface area contributed by atoms with Gasteiger partial charge < -0.3 is 4.90 Å². The van der Waals surface area contributed by atoms with Crippen LogP contribution in [0.5, 0.6) is 0 Å². The minimum atomic E-state index is 0.130. The summed E-state index contributed by atoms with van der Waals surface area (Å²) >= 11 is 0. The molecule has 1 amide bonds. The second-order valence-electron chi connectivity index (χ2n) is 2.43. The van der Waals surface area contributed by atoms with Crippen LogP contribution >= 0.6 is 0 Å². The summed E-state index contributed by atoms with van der Waals surface area (Å²) in [6.07, 6.45) is 2.13. The molecular formula is C8H15NO. The zero-order chi connectivity index (χ0) is 8.15. The topological polar surface area (TPSA) is 20.3 Å². The molecule has 0 radical (unpaired) electrons. The molecule has 0 aromatic rings. The van der Waals surface area contributed by atoms with Gasteiger partial charge in [0.25, 0.3) is 0 Å². The monoisotopic (exact) mass is 141 g/mol. The van der Waals surface area contributed by atoms with Crippen LogP contribution in [0.15, 0.2) is 12.8 Å². The smallest absolute Gasteiger partial charge is 0.226 e. The van der Waals surface area contributed by atoms with Crippen LogP contribution in [0.25, 0.3) is 0 Å². The molecule has 0 spiro atoms. The first-order valence-electron chi connectivity index (χ1n) is 3.57. The Kier molecular flexibility index (Phi) is 3.77. The van der Waals surface area contributed by atoms with Gasteiger partial charge in [0.1, 0.15) is 0 Å². The van der Waals surface area contributed by atoms with Crippen molar-refractivity contribution in [1.29, 1.82) is 0 Å². The number of carbonyl (C=O) groups excluding carboxylic acids is 1. The van der Waals surface area contributed by atoms with Crippen molar-refractivity contribution in [2.24, 2.45) is 0 Å². The van der Waals surface area contributed by atoms with Crippen LogP contribution in [0, 0.1) is 0 Å². The van der Waals surface area contributed by atoms with Crippen LogP contribution in [0.1, 0.15) is 27.2 Å². The highest BCUT2D eigenvalue weighted by molar-refractivity contribution is 5.77. The fraction of sp³-hybridized carbons (Fsp3) is 0.625. The lowest BCUT2D eigenvalue weighted by Crippen LogP contribution is -2.30. The molecule has 0 unspecified atom stereocenters. The fourth-order valence-electron chi connectivity index (χ4n) is 0.783. The molecule has 0 aliphatic carbocycles. The maximum atomic E-state index is 11.0. The summed E-state index contributed by atoms with van der Waals surface area (Å²) < 4.78 is 0. The summed E-state index contributed by atoms with van der Waals surface area (Å²) in [6, 6.07) is 0.227. The molecule has 0 heterocycles. The molecule has 0 rings (SSSR count). The van der Waals surface area contributed by atoms with Crippen LogP contribution < -0.4 is 0 Å². The highest BCUT2D eigenvalue weighted by atomic mass is 16.2. The van der Waals surface area contributed by atoms with Gasteiger partial charge in [-0.05, 0) is 20.0 Å². The number of hydrogen-bond donors (Lipinski definition) is 0. The molecule has 58 valence electrons. The summed E-state index contributed by atoms with van der Waals surface area (Å²) in [5.74, 6) is 0.130. The van der Waals surface area contributed by atoms with E-state index in [4.69, 9.17) is 0 Å². The van der Waals surface area contributed by atoms with Gasteiger partial charge in [0.05, 0.1) is 0 Å². The van der Waals surface area contributed by atoms with Crippen LogP contribution in [0.4, 0.5) is 0 Å². The third-order valence-electron chi connectivity index (χ3n) is 1.34. The molecule has 2 heteroatoms. The molecule has 0 aliphatic heterocycles. The molecule has 0 aromatic heterocycles. The summed E-state index contributed by atoms with van der Waals surface area (Å²) in [5.41, 5.74) is 0. The van der Waals surface area contributed by atoms with Crippen LogP contribution in [0.3, 0.4) is 0 Å². The third kappa shape index (κ3) is 2.21. The first-order chi connectivity index (χ1) is 4.63. The normalized spacial score (nSPS) is 9.60. The van der Waals surface area contributed by atoms with Crippen LogP contribution in [-0.2, 0) is 4.79 Å². The Morgan fingerprint density at radius 1 is 1.70 bits per heavy atom. The lowest BCUT2D eigenvalue weighted by atomic mass is 10.3. The second kappa shape index (κ2) is 4.09. The van der Waals surface area contributed by atoms with Crippen LogP contribution in [-0.4, -0.2) is 16.8 Å². The number of hydrogen-bond acceptors (Lipinski definition) is 1. The van der Waals surface area contributed by atoms with Crippen molar-refractivity contribution in [3.05, 3.63) is 12.8 Å². The SMILES string of the molecule is C=CN(C(=O)CC)C(C)C. The summed E-state index contributed by atoms with van der Waals surface area (Å²) in [7, 11) is 0. The highest BCUT2D eigenvalue weighted by Gasteiger charge is 2.09. The van der Waals surface area contributed by atoms with E-state index in [0.29, 0.717) is 6.42 Å². The molecule has 0 saturated heterocycles. The number of nitrogens with zero attached hydrogens (tertiary/aromatic N) is 1. The van der Waals surface area contributed by atoms with Gasteiger partial charge in [-0.2, -0.15) is 0 Å². The molecule has 0 atom stereocenters. The van der Waals surface area contributed by atoms with Gasteiger partial charge in [0.15, 0.2) is 0 Å². The Balaban J connectivity index is 4.06. The lowest BCUT2D eigenvalue weighted by Gasteiger charge is -2.21. The van der Waals surface area contributed by atoms with Crippen molar-refractivity contribution < 1.29 is 4.79 Å². The molecule has 0 saturated carbocycles. The van der Waals surface area contributed by atoms with E-state index in [1.807, 2.05) is 20.8 Å². The maximum absolute atomic E-state index is 11.0. The predicted molar refractivity (Wildman–Crippen MR) is 42.5 cm³/mol. The molecule has 2 nitrogen and oxygen atoms in total. The fourth-order valence-corrected chi connectivity index (χ4v) is 0.783. The van der Waals surface area contributed by atoms with Gasteiger partial charge in [0, 0.05) is 12.5 Å². The van der Waals surface area contributed by atoms with Gasteiger partial charge in [-0.15, -0.1) is 0 Å². The van der Waals surface area contributed by atoms with Gasteiger partial charge in [0.2, 0.25) is 5.91 Å². The summed E-state index contributed by atoms with van der Waals surface area (Å²) in [4.78, 5) is 12.7. The van der Waals surface area contributed by atoms with Gasteiger partial charge in [-0.3, -0.25) is 4.79 Å². The molecule has 0 bridgehead atoms. The second-order valence-corrected chi connectivity index (χ2v) is 2.43. The first-order valence-corrected chi connectivity index (χ1v) is 3.57. The number of amides is 1. The van der Waals surface area contributed by atoms with Gasteiger partial charge in [-0.25, -0.2) is 0 Å². The van der Waals surface area contributed by atoms with Crippen molar-refractivity contribution in [2.75, 3.05) is 0 Å². The lowest BCUT2D eigenvalue weighted by molar-refractivity contribution is -0.129. The molecule has 0 aromatic carbocycles. The van der Waals surface area contributed by atoms with Gasteiger partial charge >= 0.3 is 0 Å². The van der Waals surface area contributed by atoms with Crippen molar-refractivity contribution >= 4 is 5.91 Å². The Bertz CT molecular complexity index is 129.